The third-order valence-electron chi connectivity index (χ3n) is 7.29. The Hall–Kier alpha value is -3.81. The van der Waals surface area contributed by atoms with Crippen LogP contribution in [-0.4, -0.2) is 51.6 Å². The quantitative estimate of drug-likeness (QED) is 0.613. The zero-order valence-corrected chi connectivity index (χ0v) is 19.4. The summed E-state index contributed by atoms with van der Waals surface area (Å²) in [5.41, 5.74) is 2.05. The molecule has 6 rings (SSSR count). The standard InChI is InChI=1S/C27H27N5O3/c33-23-16-27(35-24-6-2-1-5-20(23)24)9-12-32(13-10-27)25-8-7-19(30-31-25)14-26(34)29-22-15-21(22)18-4-3-11-28-17-18/h1-8,11,17,21-22H,9-10,12-16H2,(H,29,34). The maximum absolute atomic E-state index is 12.6. The number of fused-ring (bicyclic) bond motifs is 1. The van der Waals surface area contributed by atoms with Gasteiger partial charge in [-0.05, 0) is 42.3 Å². The van der Waals surface area contributed by atoms with Gasteiger partial charge in [0.05, 0.1) is 24.1 Å². The average Bonchev–Trinajstić information content (AvgIpc) is 3.64. The number of carbonyl (C=O) groups excluding carboxylic acids is 2. The third kappa shape index (κ3) is 4.48. The minimum atomic E-state index is -0.441. The Balaban J connectivity index is 1.02. The van der Waals surface area contributed by atoms with Gasteiger partial charge in [0.25, 0.3) is 0 Å². The molecule has 1 aromatic carbocycles. The molecule has 1 spiro atoms. The number of aromatic nitrogens is 3. The van der Waals surface area contributed by atoms with Crippen molar-refractivity contribution in [1.29, 1.82) is 0 Å². The van der Waals surface area contributed by atoms with Crippen LogP contribution >= 0.6 is 0 Å². The van der Waals surface area contributed by atoms with Crippen LogP contribution in [0.3, 0.4) is 0 Å². The van der Waals surface area contributed by atoms with Crippen LogP contribution in [0.15, 0.2) is 60.9 Å². The Morgan fingerprint density at radius 3 is 2.71 bits per heavy atom. The van der Waals surface area contributed by atoms with E-state index < -0.39 is 5.60 Å². The molecule has 1 amide bonds. The Morgan fingerprint density at radius 2 is 1.94 bits per heavy atom. The number of carbonyl (C=O) groups is 2. The number of ether oxygens (including phenoxy) is 1. The zero-order chi connectivity index (χ0) is 23.8. The number of hydrogen-bond acceptors (Lipinski definition) is 7. The second kappa shape index (κ2) is 8.76. The minimum absolute atomic E-state index is 0.0391. The van der Waals surface area contributed by atoms with Gasteiger partial charge in [0.1, 0.15) is 11.4 Å². The van der Waals surface area contributed by atoms with E-state index in [1.165, 1.54) is 0 Å². The highest BCUT2D eigenvalue weighted by atomic mass is 16.5. The summed E-state index contributed by atoms with van der Waals surface area (Å²) in [6.07, 6.45) is 6.69. The highest BCUT2D eigenvalue weighted by Crippen LogP contribution is 2.41. The molecule has 178 valence electrons. The van der Waals surface area contributed by atoms with Crippen molar-refractivity contribution in [2.75, 3.05) is 18.0 Å². The Morgan fingerprint density at radius 1 is 1.09 bits per heavy atom. The number of para-hydroxylation sites is 1. The lowest BCUT2D eigenvalue weighted by molar-refractivity contribution is -0.120. The van der Waals surface area contributed by atoms with Crippen molar-refractivity contribution in [3.05, 3.63) is 77.7 Å². The van der Waals surface area contributed by atoms with E-state index >= 15 is 0 Å². The largest absolute Gasteiger partial charge is 0.486 e. The molecule has 4 heterocycles. The molecule has 8 heteroatoms. The van der Waals surface area contributed by atoms with Crippen LogP contribution in [-0.2, 0) is 11.2 Å². The van der Waals surface area contributed by atoms with E-state index in [1.54, 1.807) is 6.20 Å². The number of amides is 1. The maximum Gasteiger partial charge on any atom is 0.226 e. The van der Waals surface area contributed by atoms with Crippen molar-refractivity contribution in [1.82, 2.24) is 20.5 Å². The summed E-state index contributed by atoms with van der Waals surface area (Å²) in [5.74, 6) is 1.94. The van der Waals surface area contributed by atoms with Gasteiger partial charge in [-0.15, -0.1) is 5.10 Å². The molecule has 2 fully saturated rings. The molecule has 2 atom stereocenters. The molecule has 8 nitrogen and oxygen atoms in total. The Labute approximate surface area is 203 Å². The number of nitrogens with one attached hydrogen (secondary N) is 1. The first-order chi connectivity index (χ1) is 17.1. The summed E-state index contributed by atoms with van der Waals surface area (Å²) >= 11 is 0. The summed E-state index contributed by atoms with van der Waals surface area (Å²) in [4.78, 5) is 31.4. The SMILES string of the molecule is O=C(Cc1ccc(N2CCC3(CC2)CC(=O)c2ccccc2O3)nn1)NC1CC1c1cccnc1. The van der Waals surface area contributed by atoms with Crippen LogP contribution in [0.4, 0.5) is 5.82 Å². The fourth-order valence-corrected chi connectivity index (χ4v) is 5.22. The Bertz CT molecular complexity index is 1240. The summed E-state index contributed by atoms with van der Waals surface area (Å²) in [5, 5.41) is 11.8. The van der Waals surface area contributed by atoms with Crippen molar-refractivity contribution in [3.8, 4) is 5.75 Å². The molecule has 2 unspecified atom stereocenters. The predicted octanol–water partition coefficient (Wildman–Crippen LogP) is 3.09. The molecule has 35 heavy (non-hydrogen) atoms. The van der Waals surface area contributed by atoms with Crippen molar-refractivity contribution in [2.24, 2.45) is 0 Å². The summed E-state index contributed by atoms with van der Waals surface area (Å²) < 4.78 is 6.32. The van der Waals surface area contributed by atoms with E-state index in [0.717, 1.165) is 43.7 Å². The van der Waals surface area contributed by atoms with Gasteiger partial charge in [-0.3, -0.25) is 14.6 Å². The first-order valence-electron chi connectivity index (χ1n) is 12.2. The molecule has 3 aromatic rings. The highest BCUT2D eigenvalue weighted by molar-refractivity contribution is 6.00. The highest BCUT2D eigenvalue weighted by Gasteiger charge is 2.43. The molecular formula is C27H27N5O3. The van der Waals surface area contributed by atoms with Gasteiger partial charge < -0.3 is 15.0 Å². The first kappa shape index (κ1) is 21.7. The van der Waals surface area contributed by atoms with Crippen molar-refractivity contribution in [3.63, 3.8) is 0 Å². The normalized spacial score (nSPS) is 22.3. The number of pyridine rings is 1. The maximum atomic E-state index is 12.6. The van der Waals surface area contributed by atoms with Crippen LogP contribution in [0.5, 0.6) is 5.75 Å². The van der Waals surface area contributed by atoms with Crippen LogP contribution in [0.2, 0.25) is 0 Å². The van der Waals surface area contributed by atoms with Crippen LogP contribution in [0.25, 0.3) is 0 Å². The van der Waals surface area contributed by atoms with Gasteiger partial charge in [-0.1, -0.05) is 18.2 Å². The van der Waals surface area contributed by atoms with Crippen LogP contribution in [0, 0.1) is 0 Å². The fraction of sp³-hybridized carbons (Fsp3) is 0.370. The average molecular weight is 470 g/mol. The van der Waals surface area contributed by atoms with Crippen LogP contribution < -0.4 is 15.0 Å². The molecule has 1 saturated carbocycles. The summed E-state index contributed by atoms with van der Waals surface area (Å²) in [7, 11) is 0. The molecule has 1 aliphatic carbocycles. The van der Waals surface area contributed by atoms with Gasteiger partial charge in [-0.2, -0.15) is 5.10 Å². The molecular weight excluding hydrogens is 442 g/mol. The van der Waals surface area contributed by atoms with E-state index in [9.17, 15) is 9.59 Å². The number of hydrogen-bond donors (Lipinski definition) is 1. The monoisotopic (exact) mass is 469 g/mol. The van der Waals surface area contributed by atoms with E-state index in [4.69, 9.17) is 4.74 Å². The second-order valence-corrected chi connectivity index (χ2v) is 9.73. The van der Waals surface area contributed by atoms with E-state index in [0.29, 0.717) is 29.3 Å². The minimum Gasteiger partial charge on any atom is -0.486 e. The number of anilines is 1. The van der Waals surface area contributed by atoms with Gasteiger partial charge in [0, 0.05) is 50.3 Å². The van der Waals surface area contributed by atoms with Crippen molar-refractivity contribution >= 4 is 17.5 Å². The number of piperidine rings is 1. The third-order valence-corrected chi connectivity index (χ3v) is 7.29. The molecule has 0 radical (unpaired) electrons. The van der Waals surface area contributed by atoms with Gasteiger partial charge in [-0.25, -0.2) is 0 Å². The second-order valence-electron chi connectivity index (χ2n) is 9.73. The first-order valence-corrected chi connectivity index (χ1v) is 12.2. The topological polar surface area (TPSA) is 97.3 Å². The lowest BCUT2D eigenvalue weighted by Crippen LogP contribution is -2.51. The molecule has 2 aromatic heterocycles. The summed E-state index contributed by atoms with van der Waals surface area (Å²) in [6, 6.07) is 15.4. The molecule has 1 saturated heterocycles. The van der Waals surface area contributed by atoms with E-state index in [1.807, 2.05) is 54.7 Å². The molecule has 3 aliphatic rings. The van der Waals surface area contributed by atoms with E-state index in [-0.39, 0.29) is 24.2 Å². The number of Topliss-reactive ketones (excluding diaryl/α,β-unsaturated/α-hetero) is 1. The van der Waals surface area contributed by atoms with Gasteiger partial charge in [0.2, 0.25) is 5.91 Å². The zero-order valence-electron chi connectivity index (χ0n) is 19.4. The number of rotatable bonds is 5. The lowest BCUT2D eigenvalue weighted by Gasteiger charge is -2.44. The van der Waals surface area contributed by atoms with Crippen LogP contribution in [0.1, 0.15) is 53.2 Å². The van der Waals surface area contributed by atoms with E-state index in [2.05, 4.69) is 25.4 Å². The predicted molar refractivity (Wildman–Crippen MR) is 129 cm³/mol. The van der Waals surface area contributed by atoms with Crippen molar-refractivity contribution < 1.29 is 14.3 Å². The van der Waals surface area contributed by atoms with Gasteiger partial charge in [0.15, 0.2) is 11.6 Å². The molecule has 1 N–H and O–H groups in total. The Kier molecular flexibility index (Phi) is 5.43. The van der Waals surface area contributed by atoms with Gasteiger partial charge >= 0.3 is 0 Å². The number of nitrogens with zero attached hydrogens (tertiary/aromatic N) is 4. The smallest absolute Gasteiger partial charge is 0.226 e. The lowest BCUT2D eigenvalue weighted by atomic mass is 9.82. The van der Waals surface area contributed by atoms with Crippen molar-refractivity contribution in [2.45, 2.75) is 49.7 Å². The molecule has 0 bridgehead atoms. The summed E-state index contributed by atoms with van der Waals surface area (Å²) in [6.45, 7) is 1.47. The fourth-order valence-electron chi connectivity index (χ4n) is 5.22. The number of ketones is 1. The number of benzene rings is 1. The molecule has 2 aliphatic heterocycles.